The van der Waals surface area contributed by atoms with Crippen LogP contribution in [-0.2, 0) is 20.5 Å². The highest BCUT2D eigenvalue weighted by Gasteiger charge is 2.61. The summed E-state index contributed by atoms with van der Waals surface area (Å²) in [5.74, 6) is 0.182. The Kier molecular flexibility index (Phi) is 4.73. The SMILES string of the molecule is COc1cccc(C(C)(CC(=O)O)NC(=O)[C@@H]2C[C@]23CCOc2ccccc23)c1. The molecule has 0 saturated heterocycles. The van der Waals surface area contributed by atoms with Gasteiger partial charge in [0, 0.05) is 16.9 Å². The smallest absolute Gasteiger partial charge is 0.306 e. The first-order chi connectivity index (χ1) is 13.9. The van der Waals surface area contributed by atoms with E-state index in [9.17, 15) is 14.7 Å². The second-order valence-electron chi connectivity index (χ2n) is 8.13. The van der Waals surface area contributed by atoms with Crippen molar-refractivity contribution >= 4 is 11.9 Å². The number of carboxylic acids is 1. The Labute approximate surface area is 169 Å². The fourth-order valence-corrected chi connectivity index (χ4v) is 4.55. The summed E-state index contributed by atoms with van der Waals surface area (Å²) in [5, 5.41) is 12.5. The lowest BCUT2D eigenvalue weighted by atomic mass is 9.85. The molecule has 1 amide bonds. The minimum atomic E-state index is -1.04. The van der Waals surface area contributed by atoms with Crippen molar-refractivity contribution in [2.24, 2.45) is 5.92 Å². The molecule has 0 aromatic heterocycles. The predicted octanol–water partition coefficient (Wildman–Crippen LogP) is 3.24. The summed E-state index contributed by atoms with van der Waals surface area (Å²) >= 11 is 0. The van der Waals surface area contributed by atoms with Crippen LogP contribution in [-0.4, -0.2) is 30.7 Å². The summed E-state index contributed by atoms with van der Waals surface area (Å²) in [6, 6.07) is 15.0. The van der Waals surface area contributed by atoms with Gasteiger partial charge in [-0.25, -0.2) is 0 Å². The number of aliphatic carboxylic acids is 1. The molecule has 0 radical (unpaired) electrons. The van der Waals surface area contributed by atoms with Gasteiger partial charge in [0.2, 0.25) is 5.91 Å². The van der Waals surface area contributed by atoms with E-state index in [1.165, 1.54) is 0 Å². The molecule has 2 aliphatic rings. The molecule has 1 aliphatic heterocycles. The summed E-state index contributed by atoms with van der Waals surface area (Å²) in [4.78, 5) is 24.8. The van der Waals surface area contributed by atoms with Crippen LogP contribution in [0.2, 0.25) is 0 Å². The Morgan fingerprint density at radius 3 is 2.83 bits per heavy atom. The fraction of sp³-hybridized carbons (Fsp3) is 0.391. The number of para-hydroxylation sites is 1. The summed E-state index contributed by atoms with van der Waals surface area (Å²) in [5.41, 5.74) is 0.533. The minimum absolute atomic E-state index is 0.117. The van der Waals surface area contributed by atoms with Crippen LogP contribution in [0.25, 0.3) is 0 Å². The van der Waals surface area contributed by atoms with Crippen LogP contribution in [0.4, 0.5) is 0 Å². The predicted molar refractivity (Wildman–Crippen MR) is 107 cm³/mol. The number of carbonyl (C=O) groups is 2. The van der Waals surface area contributed by atoms with Crippen molar-refractivity contribution in [2.45, 2.75) is 37.1 Å². The molecule has 6 heteroatoms. The molecule has 1 spiro atoms. The summed E-state index contributed by atoms with van der Waals surface area (Å²) in [6.45, 7) is 2.34. The zero-order valence-electron chi connectivity index (χ0n) is 16.6. The first-order valence-electron chi connectivity index (χ1n) is 9.79. The van der Waals surface area contributed by atoms with E-state index in [-0.39, 0.29) is 23.7 Å². The zero-order valence-corrected chi connectivity index (χ0v) is 16.6. The van der Waals surface area contributed by atoms with Crippen LogP contribution in [0.3, 0.4) is 0 Å². The molecule has 3 atom stereocenters. The van der Waals surface area contributed by atoms with Gasteiger partial charge in [0.15, 0.2) is 0 Å². The number of ether oxygens (including phenoxy) is 2. The summed E-state index contributed by atoms with van der Waals surface area (Å²) in [7, 11) is 1.56. The third kappa shape index (κ3) is 3.43. The Morgan fingerprint density at radius 2 is 2.07 bits per heavy atom. The molecule has 2 aromatic carbocycles. The van der Waals surface area contributed by atoms with E-state index in [1.807, 2.05) is 30.3 Å². The van der Waals surface area contributed by atoms with E-state index in [0.717, 1.165) is 24.2 Å². The first-order valence-corrected chi connectivity index (χ1v) is 9.79. The van der Waals surface area contributed by atoms with Crippen molar-refractivity contribution in [3.63, 3.8) is 0 Å². The van der Waals surface area contributed by atoms with Crippen molar-refractivity contribution in [2.75, 3.05) is 13.7 Å². The number of methoxy groups -OCH3 is 1. The molecule has 29 heavy (non-hydrogen) atoms. The summed E-state index contributed by atoms with van der Waals surface area (Å²) in [6.07, 6.45) is 1.32. The Morgan fingerprint density at radius 1 is 1.28 bits per heavy atom. The lowest BCUT2D eigenvalue weighted by Gasteiger charge is -2.32. The molecule has 2 N–H and O–H groups in total. The average molecular weight is 395 g/mol. The van der Waals surface area contributed by atoms with Gasteiger partial charge < -0.3 is 19.9 Å². The van der Waals surface area contributed by atoms with Gasteiger partial charge in [-0.2, -0.15) is 0 Å². The third-order valence-corrected chi connectivity index (χ3v) is 6.23. The van der Waals surface area contributed by atoms with Gasteiger partial charge in [-0.15, -0.1) is 0 Å². The van der Waals surface area contributed by atoms with E-state index in [1.54, 1.807) is 32.2 Å². The van der Waals surface area contributed by atoms with E-state index in [0.29, 0.717) is 17.9 Å². The molecule has 152 valence electrons. The van der Waals surface area contributed by atoms with Gasteiger partial charge in [0.05, 0.1) is 25.7 Å². The maximum Gasteiger partial charge on any atom is 0.306 e. The molecule has 2 aromatic rings. The number of carboxylic acid groups (broad SMARTS) is 1. The molecule has 6 nitrogen and oxygen atoms in total. The molecule has 0 bridgehead atoms. The lowest BCUT2D eigenvalue weighted by molar-refractivity contribution is -0.139. The van der Waals surface area contributed by atoms with Crippen molar-refractivity contribution in [1.29, 1.82) is 0 Å². The highest BCUT2D eigenvalue weighted by Crippen LogP contribution is 2.60. The normalized spacial score (nSPS) is 24.0. The molecule has 1 unspecified atom stereocenters. The number of fused-ring (bicyclic) bond motifs is 2. The highest BCUT2D eigenvalue weighted by atomic mass is 16.5. The molecular formula is C23H25NO5. The van der Waals surface area contributed by atoms with Crippen LogP contribution < -0.4 is 14.8 Å². The average Bonchev–Trinajstić information content (AvgIpc) is 3.42. The second-order valence-corrected chi connectivity index (χ2v) is 8.13. The first kappa shape index (κ1) is 19.3. The number of benzene rings is 2. The second kappa shape index (κ2) is 7.10. The fourth-order valence-electron chi connectivity index (χ4n) is 4.55. The maximum absolute atomic E-state index is 13.2. The van der Waals surface area contributed by atoms with Crippen LogP contribution in [0.1, 0.15) is 37.3 Å². The number of rotatable bonds is 6. The van der Waals surface area contributed by atoms with Gasteiger partial charge in [0.1, 0.15) is 11.5 Å². The van der Waals surface area contributed by atoms with Crippen molar-refractivity contribution in [1.82, 2.24) is 5.32 Å². The number of nitrogens with one attached hydrogen (secondary N) is 1. The van der Waals surface area contributed by atoms with Crippen LogP contribution in [0, 0.1) is 5.92 Å². The third-order valence-electron chi connectivity index (χ3n) is 6.23. The number of hydrogen-bond acceptors (Lipinski definition) is 4. The number of hydrogen-bond donors (Lipinski definition) is 2. The number of amides is 1. The van der Waals surface area contributed by atoms with Crippen LogP contribution in [0.5, 0.6) is 11.5 Å². The molecule has 1 aliphatic carbocycles. The zero-order chi connectivity index (χ0) is 20.6. The minimum Gasteiger partial charge on any atom is -0.497 e. The Bertz CT molecular complexity index is 958. The topological polar surface area (TPSA) is 84.9 Å². The molecular weight excluding hydrogens is 370 g/mol. The Hall–Kier alpha value is -3.02. The highest BCUT2D eigenvalue weighted by molar-refractivity contribution is 5.86. The van der Waals surface area contributed by atoms with Gasteiger partial charge in [-0.1, -0.05) is 30.3 Å². The number of carbonyl (C=O) groups excluding carboxylic acids is 1. The largest absolute Gasteiger partial charge is 0.497 e. The molecule has 1 fully saturated rings. The van der Waals surface area contributed by atoms with Crippen molar-refractivity contribution < 1.29 is 24.2 Å². The van der Waals surface area contributed by atoms with Gasteiger partial charge in [-0.3, -0.25) is 9.59 Å². The van der Waals surface area contributed by atoms with Crippen molar-refractivity contribution in [3.8, 4) is 11.5 Å². The van der Waals surface area contributed by atoms with E-state index in [2.05, 4.69) is 5.32 Å². The van der Waals surface area contributed by atoms with Crippen LogP contribution >= 0.6 is 0 Å². The van der Waals surface area contributed by atoms with Crippen molar-refractivity contribution in [3.05, 3.63) is 59.7 Å². The monoisotopic (exact) mass is 395 g/mol. The summed E-state index contributed by atoms with van der Waals surface area (Å²) < 4.78 is 11.0. The van der Waals surface area contributed by atoms with Crippen LogP contribution in [0.15, 0.2) is 48.5 Å². The standard InChI is InChI=1S/C23H25NO5/c1-22(14-20(25)26,15-6-5-7-16(12-15)28-2)24-21(27)18-13-23(18)10-11-29-19-9-4-3-8-17(19)23/h3-9,12,18H,10-11,13-14H2,1-2H3,(H,24,27)(H,25,26)/t18-,22?,23-/m0/s1. The van der Waals surface area contributed by atoms with Gasteiger partial charge >= 0.3 is 5.97 Å². The van der Waals surface area contributed by atoms with E-state index in [4.69, 9.17) is 9.47 Å². The molecule has 1 saturated carbocycles. The molecule has 1 heterocycles. The molecule has 4 rings (SSSR count). The quantitative estimate of drug-likeness (QED) is 0.784. The van der Waals surface area contributed by atoms with Gasteiger partial charge in [-0.05, 0) is 43.5 Å². The maximum atomic E-state index is 13.2. The van der Waals surface area contributed by atoms with E-state index >= 15 is 0 Å². The van der Waals surface area contributed by atoms with Gasteiger partial charge in [0.25, 0.3) is 0 Å². The van der Waals surface area contributed by atoms with E-state index < -0.39 is 11.5 Å². The lowest BCUT2D eigenvalue weighted by Crippen LogP contribution is -2.46. The Balaban J connectivity index is 1.60.